The van der Waals surface area contributed by atoms with Gasteiger partial charge in [-0.15, -0.1) is 0 Å². The van der Waals surface area contributed by atoms with Gasteiger partial charge >= 0.3 is 0 Å². The highest BCUT2D eigenvalue weighted by molar-refractivity contribution is 5.79. The minimum absolute atomic E-state index is 0.0664. The van der Waals surface area contributed by atoms with E-state index in [2.05, 4.69) is 15.2 Å². The van der Waals surface area contributed by atoms with E-state index in [1.807, 2.05) is 19.9 Å². The van der Waals surface area contributed by atoms with Gasteiger partial charge in [0.25, 0.3) is 5.56 Å². The molecular weight excluding hydrogens is 302 g/mol. The maximum absolute atomic E-state index is 12.5. The van der Waals surface area contributed by atoms with Crippen LogP contribution in [0.25, 0.3) is 0 Å². The van der Waals surface area contributed by atoms with Crippen LogP contribution >= 0.6 is 0 Å². The largest absolute Gasteiger partial charge is 0.352 e. The second-order valence-corrected chi connectivity index (χ2v) is 7.43. The van der Waals surface area contributed by atoms with E-state index in [-0.39, 0.29) is 17.4 Å². The molecule has 1 saturated heterocycles. The van der Waals surface area contributed by atoms with Crippen LogP contribution in [-0.2, 0) is 11.3 Å². The summed E-state index contributed by atoms with van der Waals surface area (Å²) in [6.07, 6.45) is 7.52. The third-order valence-electron chi connectivity index (χ3n) is 5.61. The van der Waals surface area contributed by atoms with Crippen LogP contribution in [0.5, 0.6) is 0 Å². The van der Waals surface area contributed by atoms with E-state index in [4.69, 9.17) is 0 Å². The number of aromatic nitrogens is 1. The maximum atomic E-state index is 12.5. The van der Waals surface area contributed by atoms with Crippen LogP contribution in [0.3, 0.4) is 0 Å². The molecule has 1 saturated carbocycles. The fourth-order valence-corrected chi connectivity index (χ4v) is 4.20. The Labute approximate surface area is 143 Å². The first kappa shape index (κ1) is 17.2. The van der Waals surface area contributed by atoms with Gasteiger partial charge in [0.2, 0.25) is 5.91 Å². The van der Waals surface area contributed by atoms with Crippen molar-refractivity contribution < 1.29 is 4.79 Å². The third kappa shape index (κ3) is 3.89. The number of hydrogen-bond donors (Lipinski definition) is 2. The van der Waals surface area contributed by atoms with E-state index in [1.165, 1.54) is 32.1 Å². The van der Waals surface area contributed by atoms with Gasteiger partial charge < -0.3 is 10.3 Å². The molecular formula is C19H29N3O2. The highest BCUT2D eigenvalue weighted by Gasteiger charge is 2.32. The number of H-pyrrole nitrogens is 1. The van der Waals surface area contributed by atoms with E-state index in [0.717, 1.165) is 30.8 Å². The predicted octanol–water partition coefficient (Wildman–Crippen LogP) is 2.26. The Balaban J connectivity index is 1.54. The summed E-state index contributed by atoms with van der Waals surface area (Å²) in [5.41, 5.74) is 2.36. The summed E-state index contributed by atoms with van der Waals surface area (Å²) < 4.78 is 0. The van der Waals surface area contributed by atoms with E-state index in [9.17, 15) is 9.59 Å². The Morgan fingerprint density at radius 2 is 2.00 bits per heavy atom. The molecule has 1 amide bonds. The number of aryl methyl sites for hydroxylation is 2. The summed E-state index contributed by atoms with van der Waals surface area (Å²) in [6, 6.07) is 2.63. The summed E-state index contributed by atoms with van der Waals surface area (Å²) in [5.74, 6) is 0.157. The van der Waals surface area contributed by atoms with E-state index >= 15 is 0 Å². The van der Waals surface area contributed by atoms with Crippen LogP contribution in [0.4, 0.5) is 0 Å². The molecule has 0 bridgehead atoms. The normalized spacial score (nSPS) is 22.7. The van der Waals surface area contributed by atoms with Crippen LogP contribution < -0.4 is 10.9 Å². The summed E-state index contributed by atoms with van der Waals surface area (Å²) in [4.78, 5) is 29.8. The van der Waals surface area contributed by atoms with Crippen molar-refractivity contribution in [3.05, 3.63) is 33.2 Å². The molecule has 2 aliphatic rings. The number of aromatic amines is 1. The molecule has 1 aromatic heterocycles. The second kappa shape index (κ2) is 7.51. The number of nitrogens with one attached hydrogen (secondary N) is 2. The van der Waals surface area contributed by atoms with Gasteiger partial charge in [-0.05, 0) is 51.3 Å². The monoisotopic (exact) mass is 331 g/mol. The quantitative estimate of drug-likeness (QED) is 0.889. The topological polar surface area (TPSA) is 65.2 Å². The summed E-state index contributed by atoms with van der Waals surface area (Å²) in [6.45, 7) is 6.02. The highest BCUT2D eigenvalue weighted by atomic mass is 16.2. The molecule has 2 heterocycles. The van der Waals surface area contributed by atoms with Crippen molar-refractivity contribution in [3.8, 4) is 0 Å². The van der Waals surface area contributed by atoms with Crippen molar-refractivity contribution in [2.45, 2.75) is 65.0 Å². The maximum Gasteiger partial charge on any atom is 0.253 e. The average Bonchev–Trinajstić information content (AvgIpc) is 3.04. The van der Waals surface area contributed by atoms with Gasteiger partial charge in [-0.3, -0.25) is 14.5 Å². The molecule has 1 aromatic rings. The summed E-state index contributed by atoms with van der Waals surface area (Å²) >= 11 is 0. The van der Waals surface area contributed by atoms with Crippen LogP contribution in [0.1, 0.15) is 55.3 Å². The number of carbonyl (C=O) groups is 1. The van der Waals surface area contributed by atoms with Crippen LogP contribution in [0.2, 0.25) is 0 Å². The number of pyridine rings is 1. The first-order valence-corrected chi connectivity index (χ1v) is 9.26. The minimum Gasteiger partial charge on any atom is -0.352 e. The molecule has 1 atom stereocenters. The number of likely N-dealkylation sites (tertiary alicyclic amines) is 1. The number of carbonyl (C=O) groups excluding carboxylic acids is 1. The molecule has 1 aliphatic carbocycles. The van der Waals surface area contributed by atoms with Crippen molar-refractivity contribution >= 4 is 5.91 Å². The Morgan fingerprint density at radius 3 is 2.71 bits per heavy atom. The van der Waals surface area contributed by atoms with E-state index in [1.54, 1.807) is 0 Å². The Bertz CT molecular complexity index is 647. The van der Waals surface area contributed by atoms with Crippen LogP contribution in [-0.4, -0.2) is 34.9 Å². The zero-order valence-corrected chi connectivity index (χ0v) is 14.9. The Hall–Kier alpha value is -1.62. The van der Waals surface area contributed by atoms with Crippen LogP contribution in [0, 0.1) is 19.8 Å². The van der Waals surface area contributed by atoms with Crippen molar-refractivity contribution in [2.75, 3.05) is 13.1 Å². The first-order valence-electron chi connectivity index (χ1n) is 9.26. The minimum atomic E-state index is -0.0944. The molecule has 3 rings (SSSR count). The number of nitrogens with zero attached hydrogens (tertiary/aromatic N) is 1. The van der Waals surface area contributed by atoms with Crippen molar-refractivity contribution in [1.29, 1.82) is 0 Å². The number of amides is 1. The fraction of sp³-hybridized carbons (Fsp3) is 0.684. The molecule has 0 aromatic carbocycles. The van der Waals surface area contributed by atoms with Gasteiger partial charge in [0.1, 0.15) is 0 Å². The molecule has 132 valence electrons. The Morgan fingerprint density at radius 1 is 1.25 bits per heavy atom. The van der Waals surface area contributed by atoms with Gasteiger partial charge in [0.05, 0.1) is 5.92 Å². The lowest BCUT2D eigenvalue weighted by Gasteiger charge is -2.30. The molecule has 24 heavy (non-hydrogen) atoms. The van der Waals surface area contributed by atoms with Crippen LogP contribution in [0.15, 0.2) is 10.9 Å². The average molecular weight is 331 g/mol. The second-order valence-electron chi connectivity index (χ2n) is 7.43. The van der Waals surface area contributed by atoms with Gasteiger partial charge in [-0.25, -0.2) is 0 Å². The lowest BCUT2D eigenvalue weighted by Crippen LogP contribution is -2.38. The molecule has 5 nitrogen and oxygen atoms in total. The lowest BCUT2D eigenvalue weighted by atomic mass is 9.94. The first-order chi connectivity index (χ1) is 11.5. The highest BCUT2D eigenvalue weighted by Crippen LogP contribution is 2.27. The summed E-state index contributed by atoms with van der Waals surface area (Å²) in [5, 5.41) is 2.98. The number of rotatable bonds is 4. The molecule has 5 heteroatoms. The van der Waals surface area contributed by atoms with E-state index in [0.29, 0.717) is 18.2 Å². The predicted molar refractivity (Wildman–Crippen MR) is 94.9 cm³/mol. The zero-order chi connectivity index (χ0) is 17.1. The molecule has 2 fully saturated rings. The fourth-order valence-electron chi connectivity index (χ4n) is 4.20. The molecule has 0 spiro atoms. The zero-order valence-electron chi connectivity index (χ0n) is 14.9. The molecule has 2 N–H and O–H groups in total. The van der Waals surface area contributed by atoms with Gasteiger partial charge in [0.15, 0.2) is 0 Å². The van der Waals surface area contributed by atoms with Gasteiger partial charge in [0, 0.05) is 30.4 Å². The van der Waals surface area contributed by atoms with E-state index < -0.39 is 0 Å². The lowest BCUT2D eigenvalue weighted by molar-refractivity contribution is -0.124. The van der Waals surface area contributed by atoms with Crippen molar-refractivity contribution in [3.63, 3.8) is 0 Å². The van der Waals surface area contributed by atoms with Gasteiger partial charge in [-0.2, -0.15) is 0 Å². The Kier molecular flexibility index (Phi) is 5.39. The SMILES string of the molecule is Cc1cc(C)c(CNC(=O)[C@H]2CCN(C3CCCCC3)C2)c(=O)[nH]1. The number of hydrogen-bond acceptors (Lipinski definition) is 3. The summed E-state index contributed by atoms with van der Waals surface area (Å²) in [7, 11) is 0. The third-order valence-corrected chi connectivity index (χ3v) is 5.61. The molecule has 0 unspecified atom stereocenters. The van der Waals surface area contributed by atoms with Gasteiger partial charge in [-0.1, -0.05) is 19.3 Å². The van der Waals surface area contributed by atoms with Crippen molar-refractivity contribution in [2.24, 2.45) is 5.92 Å². The molecule has 0 radical (unpaired) electrons. The molecule has 1 aliphatic heterocycles. The standard InChI is InChI=1S/C19H29N3O2/c1-13-10-14(2)21-19(24)17(13)11-20-18(23)15-8-9-22(12-15)16-6-4-3-5-7-16/h10,15-16H,3-9,11-12H2,1-2H3,(H,20,23)(H,21,24)/t15-/m0/s1. The van der Waals surface area contributed by atoms with Crippen molar-refractivity contribution in [1.82, 2.24) is 15.2 Å². The smallest absolute Gasteiger partial charge is 0.253 e.